The summed E-state index contributed by atoms with van der Waals surface area (Å²) in [5.74, 6) is 0. The third-order valence-electron chi connectivity index (χ3n) is 5.52. The second-order valence-corrected chi connectivity index (χ2v) is 7.57. The number of nitrogens with one attached hydrogen (secondary N) is 2. The molecule has 2 bridgehead atoms. The molecule has 5 rings (SSSR count). The van der Waals surface area contributed by atoms with Gasteiger partial charge >= 0.3 is 6.03 Å². The van der Waals surface area contributed by atoms with Crippen LogP contribution < -0.4 is 5.32 Å². The monoisotopic (exact) mass is 378 g/mol. The van der Waals surface area contributed by atoms with Gasteiger partial charge in [-0.1, -0.05) is 48.0 Å². The van der Waals surface area contributed by atoms with Gasteiger partial charge in [-0.05, 0) is 31.0 Å². The molecule has 0 radical (unpaired) electrons. The highest BCUT2D eigenvalue weighted by Gasteiger charge is 2.45. The summed E-state index contributed by atoms with van der Waals surface area (Å²) in [4.78, 5) is 15.1. The van der Waals surface area contributed by atoms with E-state index in [1.807, 2.05) is 35.2 Å². The molecular formula is C21H19ClN4O. The Morgan fingerprint density at radius 2 is 2.00 bits per heavy atom. The van der Waals surface area contributed by atoms with Crippen LogP contribution in [0.1, 0.15) is 30.1 Å². The van der Waals surface area contributed by atoms with E-state index in [9.17, 15) is 4.79 Å². The van der Waals surface area contributed by atoms with Crippen molar-refractivity contribution in [3.05, 3.63) is 70.9 Å². The van der Waals surface area contributed by atoms with E-state index < -0.39 is 0 Å². The first-order chi connectivity index (χ1) is 13.2. The molecule has 3 heterocycles. The lowest BCUT2D eigenvalue weighted by Crippen LogP contribution is -2.44. The second kappa shape index (κ2) is 6.43. The van der Waals surface area contributed by atoms with Crippen molar-refractivity contribution in [1.82, 2.24) is 15.1 Å². The largest absolute Gasteiger partial charge is 0.322 e. The van der Waals surface area contributed by atoms with Crippen LogP contribution in [0.25, 0.3) is 11.3 Å². The van der Waals surface area contributed by atoms with Crippen LogP contribution in [0, 0.1) is 0 Å². The Kier molecular flexibility index (Phi) is 3.90. The first-order valence-electron chi connectivity index (χ1n) is 9.18. The summed E-state index contributed by atoms with van der Waals surface area (Å²) in [5.41, 5.74) is 5.07. The summed E-state index contributed by atoms with van der Waals surface area (Å²) in [5, 5.41) is 11.4. The molecule has 0 aliphatic carbocycles. The number of anilines is 1. The third-order valence-corrected chi connectivity index (χ3v) is 5.75. The SMILES string of the molecule is O=C(Nc1cccc(Cl)c1)N1C2CCC1c1c(-c3ccccc3)n[nH]c1C2. The first-order valence-corrected chi connectivity index (χ1v) is 9.56. The molecular weight excluding hydrogens is 360 g/mol. The van der Waals surface area contributed by atoms with E-state index >= 15 is 0 Å². The Balaban J connectivity index is 1.48. The number of rotatable bonds is 2. The minimum Gasteiger partial charge on any atom is -0.314 e. The molecule has 3 aromatic rings. The van der Waals surface area contributed by atoms with E-state index in [2.05, 4.69) is 27.6 Å². The van der Waals surface area contributed by atoms with Gasteiger partial charge in [0.05, 0.1) is 11.7 Å². The van der Waals surface area contributed by atoms with Crippen molar-refractivity contribution in [2.75, 3.05) is 5.32 Å². The molecule has 1 aromatic heterocycles. The van der Waals surface area contributed by atoms with Gasteiger partial charge in [-0.3, -0.25) is 5.10 Å². The molecule has 1 fully saturated rings. The number of hydrogen-bond acceptors (Lipinski definition) is 2. The average molecular weight is 379 g/mol. The number of amides is 2. The number of H-pyrrole nitrogens is 1. The third kappa shape index (κ3) is 2.79. The van der Waals surface area contributed by atoms with Crippen LogP contribution in [0.15, 0.2) is 54.6 Å². The minimum atomic E-state index is -0.0735. The summed E-state index contributed by atoms with van der Waals surface area (Å²) in [6, 6.07) is 17.6. The van der Waals surface area contributed by atoms with Gasteiger partial charge in [0.2, 0.25) is 0 Å². The topological polar surface area (TPSA) is 61.0 Å². The Morgan fingerprint density at radius 1 is 1.15 bits per heavy atom. The van der Waals surface area contributed by atoms with Gasteiger partial charge in [0.15, 0.2) is 0 Å². The normalized spacial score (nSPS) is 20.4. The molecule has 2 atom stereocenters. The van der Waals surface area contributed by atoms with Crippen molar-refractivity contribution < 1.29 is 4.79 Å². The van der Waals surface area contributed by atoms with E-state index in [1.54, 1.807) is 12.1 Å². The predicted octanol–water partition coefficient (Wildman–Crippen LogP) is 5.02. The number of carbonyl (C=O) groups excluding carboxylic acids is 1. The molecule has 6 heteroatoms. The molecule has 2 amide bonds. The summed E-state index contributed by atoms with van der Waals surface area (Å²) >= 11 is 6.05. The second-order valence-electron chi connectivity index (χ2n) is 7.13. The molecule has 2 unspecified atom stereocenters. The fraction of sp³-hybridized carbons (Fsp3) is 0.238. The predicted molar refractivity (Wildman–Crippen MR) is 106 cm³/mol. The number of urea groups is 1. The maximum Gasteiger partial charge on any atom is 0.322 e. The van der Waals surface area contributed by atoms with Crippen LogP contribution in [0.2, 0.25) is 5.02 Å². The highest BCUT2D eigenvalue weighted by molar-refractivity contribution is 6.30. The van der Waals surface area contributed by atoms with Gasteiger partial charge in [-0.2, -0.15) is 5.10 Å². The number of nitrogens with zero attached hydrogens (tertiary/aromatic N) is 2. The van der Waals surface area contributed by atoms with Crippen LogP contribution in [-0.4, -0.2) is 27.2 Å². The number of halogens is 1. The molecule has 0 saturated carbocycles. The van der Waals surface area contributed by atoms with E-state index in [1.165, 1.54) is 0 Å². The Labute approximate surface area is 162 Å². The van der Waals surface area contributed by atoms with Gasteiger partial charge in [0, 0.05) is 40.0 Å². The lowest BCUT2D eigenvalue weighted by atomic mass is 9.95. The maximum atomic E-state index is 13.1. The van der Waals surface area contributed by atoms with Crippen molar-refractivity contribution in [3.63, 3.8) is 0 Å². The Morgan fingerprint density at radius 3 is 2.81 bits per heavy atom. The van der Waals surface area contributed by atoms with Crippen molar-refractivity contribution >= 4 is 23.3 Å². The van der Waals surface area contributed by atoms with Gasteiger partial charge in [-0.25, -0.2) is 4.79 Å². The molecule has 0 spiro atoms. The standard InChI is InChI=1S/C21H19ClN4O/c22-14-7-4-8-15(11-14)23-21(27)26-16-9-10-18(26)19-17(12-16)24-25-20(19)13-5-2-1-3-6-13/h1-8,11,16,18H,9-10,12H2,(H,23,27)(H,24,25). The molecule has 2 aliphatic heterocycles. The first kappa shape index (κ1) is 16.4. The van der Waals surface area contributed by atoms with Crippen LogP contribution in [0.5, 0.6) is 0 Å². The van der Waals surface area contributed by atoms with Crippen LogP contribution in [0.4, 0.5) is 10.5 Å². The zero-order valence-electron chi connectivity index (χ0n) is 14.7. The van der Waals surface area contributed by atoms with Gasteiger partial charge in [0.25, 0.3) is 0 Å². The summed E-state index contributed by atoms with van der Waals surface area (Å²) in [7, 11) is 0. The van der Waals surface area contributed by atoms with Crippen molar-refractivity contribution in [2.45, 2.75) is 31.3 Å². The number of aromatic amines is 1. The lowest BCUT2D eigenvalue weighted by molar-refractivity contribution is 0.179. The number of hydrogen-bond donors (Lipinski definition) is 2. The summed E-state index contributed by atoms with van der Waals surface area (Å²) in [6.45, 7) is 0. The average Bonchev–Trinajstić information content (AvgIpc) is 3.24. The highest BCUT2D eigenvalue weighted by atomic mass is 35.5. The van der Waals surface area contributed by atoms with Crippen molar-refractivity contribution in [1.29, 1.82) is 0 Å². The van der Waals surface area contributed by atoms with Crippen LogP contribution in [0.3, 0.4) is 0 Å². The molecule has 27 heavy (non-hydrogen) atoms. The molecule has 5 nitrogen and oxygen atoms in total. The van der Waals surface area contributed by atoms with E-state index in [-0.39, 0.29) is 18.1 Å². The van der Waals surface area contributed by atoms with Crippen LogP contribution >= 0.6 is 11.6 Å². The Bertz CT molecular complexity index is 1000. The fourth-order valence-corrected chi connectivity index (χ4v) is 4.57. The molecule has 2 aromatic carbocycles. The molecule has 2 aliphatic rings. The molecule has 1 saturated heterocycles. The van der Waals surface area contributed by atoms with E-state index in [4.69, 9.17) is 11.6 Å². The minimum absolute atomic E-state index is 0.0480. The number of carbonyl (C=O) groups is 1. The van der Waals surface area contributed by atoms with Crippen molar-refractivity contribution in [3.8, 4) is 11.3 Å². The molecule has 136 valence electrons. The quantitative estimate of drug-likeness (QED) is 0.657. The van der Waals surface area contributed by atoms with E-state index in [0.29, 0.717) is 10.7 Å². The van der Waals surface area contributed by atoms with E-state index in [0.717, 1.165) is 41.8 Å². The van der Waals surface area contributed by atoms with Gasteiger partial charge < -0.3 is 10.2 Å². The zero-order valence-corrected chi connectivity index (χ0v) is 15.4. The summed E-state index contributed by atoms with van der Waals surface area (Å²) in [6.07, 6.45) is 2.78. The highest BCUT2D eigenvalue weighted by Crippen LogP contribution is 2.46. The van der Waals surface area contributed by atoms with Crippen molar-refractivity contribution in [2.24, 2.45) is 0 Å². The van der Waals surface area contributed by atoms with Crippen LogP contribution in [-0.2, 0) is 6.42 Å². The Hall–Kier alpha value is -2.79. The number of aromatic nitrogens is 2. The lowest BCUT2D eigenvalue weighted by Gasteiger charge is -2.35. The molecule has 2 N–H and O–H groups in total. The maximum absolute atomic E-state index is 13.1. The number of benzene rings is 2. The van der Waals surface area contributed by atoms with Gasteiger partial charge in [-0.15, -0.1) is 0 Å². The zero-order chi connectivity index (χ0) is 18.4. The van der Waals surface area contributed by atoms with Gasteiger partial charge in [0.1, 0.15) is 0 Å². The number of fused-ring (bicyclic) bond motifs is 4. The summed E-state index contributed by atoms with van der Waals surface area (Å²) < 4.78 is 0. The fourth-order valence-electron chi connectivity index (χ4n) is 4.38. The smallest absolute Gasteiger partial charge is 0.314 e.